The molecule has 0 aliphatic carbocycles. The summed E-state index contributed by atoms with van der Waals surface area (Å²) in [6.07, 6.45) is 2.20. The van der Waals surface area contributed by atoms with Crippen LogP contribution in [0, 0.1) is 12.4 Å². The molecule has 0 bridgehead atoms. The minimum atomic E-state index is -3.48. The predicted octanol–water partition coefficient (Wildman–Crippen LogP) is 1.55. The van der Waals surface area contributed by atoms with E-state index in [1.807, 2.05) is 0 Å². The van der Waals surface area contributed by atoms with Gasteiger partial charge in [0.15, 0.2) is 9.84 Å². The van der Waals surface area contributed by atoms with Gasteiger partial charge >= 0.3 is 0 Å². The Balaban J connectivity index is 2.59. The Morgan fingerprint density at radius 2 is 2.16 bits per heavy atom. The second-order valence-electron chi connectivity index (χ2n) is 3.82. The van der Waals surface area contributed by atoms with Crippen molar-refractivity contribution in [1.82, 2.24) is 9.78 Å². The molecule has 0 unspecified atom stereocenters. The van der Waals surface area contributed by atoms with Gasteiger partial charge in [0.25, 0.3) is 0 Å². The first kappa shape index (κ1) is 13.0. The summed E-state index contributed by atoms with van der Waals surface area (Å²) in [6.45, 7) is 6.85. The molecule has 98 valence electrons. The van der Waals surface area contributed by atoms with Gasteiger partial charge in [-0.05, 0) is 18.2 Å². The zero-order valence-electron chi connectivity index (χ0n) is 9.83. The van der Waals surface area contributed by atoms with Crippen molar-refractivity contribution in [2.45, 2.75) is 4.90 Å². The quantitative estimate of drug-likeness (QED) is 0.846. The topological polar surface area (TPSA) is 82.3 Å². The highest BCUT2D eigenvalue weighted by molar-refractivity contribution is 7.90. The van der Waals surface area contributed by atoms with Crippen LogP contribution in [-0.2, 0) is 9.84 Å². The largest absolute Gasteiger partial charge is 0.392 e. The zero-order chi connectivity index (χ0) is 14.2. The number of nitrogens with two attached hydrogens (primary N) is 1. The summed E-state index contributed by atoms with van der Waals surface area (Å²) in [6, 6.07) is 3.40. The van der Waals surface area contributed by atoms with Crippen LogP contribution >= 0.6 is 0 Å². The summed E-state index contributed by atoms with van der Waals surface area (Å²) < 4.78 is 37.5. The van der Waals surface area contributed by atoms with E-state index >= 15 is 0 Å². The highest BCUT2D eigenvalue weighted by Crippen LogP contribution is 2.26. The van der Waals surface area contributed by atoms with Gasteiger partial charge in [-0.2, -0.15) is 5.10 Å². The summed E-state index contributed by atoms with van der Waals surface area (Å²) in [7, 11) is -3.48. The summed E-state index contributed by atoms with van der Waals surface area (Å²) in [5, 5.41) is 3.80. The van der Waals surface area contributed by atoms with E-state index in [9.17, 15) is 12.8 Å². The summed E-state index contributed by atoms with van der Waals surface area (Å²) in [5.41, 5.74) is 5.73. The van der Waals surface area contributed by atoms with E-state index in [0.717, 1.165) is 17.0 Å². The van der Waals surface area contributed by atoms with Crippen molar-refractivity contribution in [3.05, 3.63) is 41.6 Å². The molecule has 2 aromatic rings. The molecule has 1 aromatic carbocycles. The molecule has 0 radical (unpaired) electrons. The lowest BCUT2D eigenvalue weighted by Gasteiger charge is -2.07. The monoisotopic (exact) mass is 280 g/mol. The summed E-state index contributed by atoms with van der Waals surface area (Å²) in [4.78, 5) is 2.99. The van der Waals surface area contributed by atoms with Crippen LogP contribution in [0.25, 0.3) is 10.5 Å². The number of halogens is 1. The number of nitrogens with zero attached hydrogens (tertiary/aromatic N) is 3. The number of benzene rings is 1. The first-order valence-corrected chi connectivity index (χ1v) is 6.94. The first-order valence-electron chi connectivity index (χ1n) is 5.05. The molecule has 2 rings (SSSR count). The van der Waals surface area contributed by atoms with Gasteiger partial charge in [-0.3, -0.25) is 0 Å². The maximum atomic E-state index is 13.9. The number of sulfone groups is 1. The first-order chi connectivity index (χ1) is 8.84. The molecule has 2 N–H and O–H groups in total. The van der Waals surface area contributed by atoms with Crippen LogP contribution in [0.2, 0.25) is 0 Å². The number of nitrogen functional groups attached to an aromatic ring is 1. The van der Waals surface area contributed by atoms with E-state index < -0.39 is 15.7 Å². The molecule has 0 atom stereocenters. The van der Waals surface area contributed by atoms with Crippen LogP contribution in [0.3, 0.4) is 0 Å². The van der Waals surface area contributed by atoms with Crippen LogP contribution < -0.4 is 5.73 Å². The van der Waals surface area contributed by atoms with Gasteiger partial charge < -0.3 is 5.73 Å². The van der Waals surface area contributed by atoms with E-state index in [1.54, 1.807) is 0 Å². The molecule has 0 saturated heterocycles. The van der Waals surface area contributed by atoms with Crippen molar-refractivity contribution in [3.63, 3.8) is 0 Å². The Kier molecular flexibility index (Phi) is 3.00. The van der Waals surface area contributed by atoms with Crippen LogP contribution in [0.1, 0.15) is 0 Å². The van der Waals surface area contributed by atoms with E-state index in [4.69, 9.17) is 12.3 Å². The van der Waals surface area contributed by atoms with E-state index in [0.29, 0.717) is 0 Å². The molecule has 1 aromatic heterocycles. The van der Waals surface area contributed by atoms with E-state index in [-0.39, 0.29) is 22.1 Å². The summed E-state index contributed by atoms with van der Waals surface area (Å²) in [5.74, 6) is -0.782. The average Bonchev–Trinajstić information content (AvgIpc) is 2.69. The predicted molar refractivity (Wildman–Crippen MR) is 67.3 cm³/mol. The van der Waals surface area contributed by atoms with E-state index in [2.05, 4.69) is 9.94 Å². The fourth-order valence-electron chi connectivity index (χ4n) is 1.52. The highest BCUT2D eigenvalue weighted by atomic mass is 32.2. The molecule has 19 heavy (non-hydrogen) atoms. The highest BCUT2D eigenvalue weighted by Gasteiger charge is 2.15. The van der Waals surface area contributed by atoms with Crippen molar-refractivity contribution < 1.29 is 12.8 Å². The van der Waals surface area contributed by atoms with Crippen molar-refractivity contribution >= 4 is 21.3 Å². The van der Waals surface area contributed by atoms with Crippen LogP contribution in [0.5, 0.6) is 0 Å². The lowest BCUT2D eigenvalue weighted by Crippen LogP contribution is -2.06. The normalized spacial score (nSPS) is 11.2. The minimum Gasteiger partial charge on any atom is -0.392 e. The summed E-state index contributed by atoms with van der Waals surface area (Å²) >= 11 is 0. The van der Waals surface area contributed by atoms with Gasteiger partial charge in [0.2, 0.25) is 5.69 Å². The molecule has 0 saturated carbocycles. The second-order valence-corrected chi connectivity index (χ2v) is 5.84. The molecule has 0 aliphatic heterocycles. The lowest BCUT2D eigenvalue weighted by molar-refractivity contribution is 0.591. The Bertz CT molecular complexity index is 790. The zero-order valence-corrected chi connectivity index (χ0v) is 10.6. The molecule has 6 nitrogen and oxygen atoms in total. The number of hydrogen-bond acceptors (Lipinski definition) is 4. The Hall–Kier alpha value is -2.40. The van der Waals surface area contributed by atoms with Crippen LogP contribution in [0.4, 0.5) is 15.9 Å². The van der Waals surface area contributed by atoms with Crippen molar-refractivity contribution in [1.29, 1.82) is 0 Å². The van der Waals surface area contributed by atoms with Crippen molar-refractivity contribution in [2.24, 2.45) is 0 Å². The Labute approximate surface area is 109 Å². The fourth-order valence-corrected chi connectivity index (χ4v) is 2.15. The van der Waals surface area contributed by atoms with Crippen molar-refractivity contribution in [2.75, 3.05) is 12.0 Å². The van der Waals surface area contributed by atoms with Crippen LogP contribution in [-0.4, -0.2) is 24.5 Å². The van der Waals surface area contributed by atoms with Crippen LogP contribution in [0.15, 0.2) is 29.3 Å². The molecule has 0 spiro atoms. The Morgan fingerprint density at radius 3 is 2.63 bits per heavy atom. The molecule has 1 heterocycles. The molecular weight excluding hydrogens is 271 g/mol. The number of aromatic nitrogens is 2. The third kappa shape index (κ3) is 2.28. The third-order valence-corrected chi connectivity index (χ3v) is 3.59. The van der Waals surface area contributed by atoms with Gasteiger partial charge in [0.05, 0.1) is 17.7 Å². The lowest BCUT2D eigenvalue weighted by atomic mass is 10.3. The minimum absolute atomic E-state index is 0.000931. The molecule has 8 heteroatoms. The molecule has 0 amide bonds. The maximum absolute atomic E-state index is 13.9. The smallest absolute Gasteiger partial charge is 0.247 e. The number of rotatable bonds is 2. The molecule has 0 aliphatic rings. The average molecular weight is 280 g/mol. The Morgan fingerprint density at radius 1 is 1.47 bits per heavy atom. The number of anilines is 1. The van der Waals surface area contributed by atoms with Gasteiger partial charge in [0, 0.05) is 6.26 Å². The number of hydrogen-bond donors (Lipinski definition) is 1. The van der Waals surface area contributed by atoms with Crippen molar-refractivity contribution in [3.8, 4) is 5.69 Å². The van der Waals surface area contributed by atoms with Gasteiger partial charge in [-0.1, -0.05) is 0 Å². The fraction of sp³-hybridized carbons (Fsp3) is 0.0909. The molecular formula is C11H9FN4O2S. The van der Waals surface area contributed by atoms with Gasteiger partial charge in [-0.15, -0.1) is 0 Å². The molecule has 0 fully saturated rings. The maximum Gasteiger partial charge on any atom is 0.247 e. The third-order valence-electron chi connectivity index (χ3n) is 2.48. The van der Waals surface area contributed by atoms with Gasteiger partial charge in [0.1, 0.15) is 17.3 Å². The second kappa shape index (κ2) is 4.37. The standard InChI is InChI=1S/C11H9FN4O2S/c1-14-9-6-15-16(11(9)13)10-4-3-7(5-8(10)12)19(2,17)18/h3-6H,13H2,2H3. The SMILES string of the molecule is [C-]#[N+]c1cnn(-c2ccc(S(C)(=O)=O)cc2F)c1N. The van der Waals surface area contributed by atoms with E-state index in [1.165, 1.54) is 18.3 Å². The van der Waals surface area contributed by atoms with Gasteiger partial charge in [-0.25, -0.2) is 22.3 Å².